The van der Waals surface area contributed by atoms with Crippen molar-refractivity contribution in [3.8, 4) is 0 Å². The molecular formula is C21H25F2N5O3. The van der Waals surface area contributed by atoms with Crippen molar-refractivity contribution in [2.75, 3.05) is 24.6 Å². The van der Waals surface area contributed by atoms with E-state index >= 15 is 0 Å². The van der Waals surface area contributed by atoms with Gasteiger partial charge in [0, 0.05) is 37.6 Å². The summed E-state index contributed by atoms with van der Waals surface area (Å²) in [7, 11) is 0. The Morgan fingerprint density at radius 1 is 1.23 bits per heavy atom. The predicted octanol–water partition coefficient (Wildman–Crippen LogP) is 2.61. The number of carbonyl (C=O) groups is 2. The summed E-state index contributed by atoms with van der Waals surface area (Å²) in [6.07, 6.45) is 4.77. The number of piperidine rings is 1. The number of halogens is 2. The first-order chi connectivity index (χ1) is 14.8. The summed E-state index contributed by atoms with van der Waals surface area (Å²) in [5, 5.41) is 1.27. The molecule has 0 radical (unpaired) electrons. The largest absolute Gasteiger partial charge is 0.364 e. The Bertz CT molecular complexity index is 921. The Labute approximate surface area is 179 Å². The average Bonchev–Trinajstić information content (AvgIpc) is 3.23. The molecule has 2 fully saturated rings. The molecular weight excluding hydrogens is 408 g/mol. The van der Waals surface area contributed by atoms with Gasteiger partial charge in [-0.2, -0.15) is 0 Å². The second-order valence-corrected chi connectivity index (χ2v) is 7.52. The van der Waals surface area contributed by atoms with E-state index in [0.717, 1.165) is 19.1 Å². The fraction of sp³-hybridized carbons (Fsp3) is 0.429. The number of primary amides is 1. The summed E-state index contributed by atoms with van der Waals surface area (Å²) in [4.78, 5) is 39.8. The molecule has 2 saturated heterocycles. The maximum absolute atomic E-state index is 13.8. The molecule has 0 bridgehead atoms. The minimum absolute atomic E-state index is 0.133. The lowest BCUT2D eigenvalue weighted by atomic mass is 9.94. The molecule has 1 aromatic heterocycles. The Morgan fingerprint density at radius 2 is 1.94 bits per heavy atom. The van der Waals surface area contributed by atoms with Gasteiger partial charge in [0.2, 0.25) is 5.91 Å². The lowest BCUT2D eigenvalue weighted by molar-refractivity contribution is -0.179. The van der Waals surface area contributed by atoms with Crippen molar-refractivity contribution >= 4 is 17.6 Å². The molecule has 3 heterocycles. The van der Waals surface area contributed by atoms with Crippen LogP contribution in [-0.4, -0.2) is 52.6 Å². The molecule has 1 atom stereocenters. The van der Waals surface area contributed by atoms with Gasteiger partial charge in [0.1, 0.15) is 23.7 Å². The number of nitrogens with two attached hydrogens (primary N) is 1. The van der Waals surface area contributed by atoms with E-state index in [-0.39, 0.29) is 17.5 Å². The van der Waals surface area contributed by atoms with E-state index < -0.39 is 23.6 Å². The van der Waals surface area contributed by atoms with E-state index in [9.17, 15) is 18.4 Å². The molecule has 1 aromatic rings. The van der Waals surface area contributed by atoms with E-state index in [4.69, 9.17) is 10.6 Å². The number of hydrogen-bond donors (Lipinski definition) is 1. The van der Waals surface area contributed by atoms with Gasteiger partial charge in [-0.25, -0.2) is 23.8 Å². The Balaban J connectivity index is 1.62. The molecule has 0 spiro atoms. The standard InChI is InChI=1S/C21H25F2N5O3/c1-13(9-16(23)10-14(2)22)18-5-8-31-28(18)21(30)15-3-6-27(7-4-15)19-11-17(20(24)29)25-12-26-19/h9-12,15,18H,1,3-8H2,2H3,(H2,24,29)/b14-10+,16-9+/t18-/m0/s1. The zero-order valence-corrected chi connectivity index (χ0v) is 17.3. The summed E-state index contributed by atoms with van der Waals surface area (Å²) in [6.45, 7) is 6.41. The molecule has 2 N–H and O–H groups in total. The number of aromatic nitrogens is 2. The zero-order valence-electron chi connectivity index (χ0n) is 17.3. The van der Waals surface area contributed by atoms with Crippen molar-refractivity contribution in [3.05, 3.63) is 54.0 Å². The van der Waals surface area contributed by atoms with Crippen LogP contribution in [0.3, 0.4) is 0 Å². The number of allylic oxidation sites excluding steroid dienone is 3. The summed E-state index contributed by atoms with van der Waals surface area (Å²) in [5.74, 6) is -1.93. The summed E-state index contributed by atoms with van der Waals surface area (Å²) >= 11 is 0. The number of anilines is 1. The zero-order chi connectivity index (χ0) is 22.5. The Hall–Kier alpha value is -3.14. The molecule has 31 heavy (non-hydrogen) atoms. The normalized spacial score (nSPS) is 20.8. The second-order valence-electron chi connectivity index (χ2n) is 7.52. The summed E-state index contributed by atoms with van der Waals surface area (Å²) in [5.41, 5.74) is 5.74. The van der Waals surface area contributed by atoms with Crippen LogP contribution in [0.4, 0.5) is 14.6 Å². The lowest BCUT2D eigenvalue weighted by Crippen LogP contribution is -2.44. The fourth-order valence-electron chi connectivity index (χ4n) is 3.72. The van der Waals surface area contributed by atoms with Crippen LogP contribution < -0.4 is 10.6 Å². The molecule has 2 amide bonds. The van der Waals surface area contributed by atoms with Gasteiger partial charge in [-0.1, -0.05) is 6.58 Å². The van der Waals surface area contributed by atoms with Crippen LogP contribution in [-0.2, 0) is 9.63 Å². The molecule has 2 aliphatic rings. The number of rotatable bonds is 6. The van der Waals surface area contributed by atoms with Gasteiger partial charge in [0.15, 0.2) is 0 Å². The van der Waals surface area contributed by atoms with Crippen LogP contribution in [0.5, 0.6) is 0 Å². The van der Waals surface area contributed by atoms with Crippen molar-refractivity contribution in [3.63, 3.8) is 0 Å². The number of amides is 2. The van der Waals surface area contributed by atoms with Crippen molar-refractivity contribution in [2.45, 2.75) is 32.2 Å². The van der Waals surface area contributed by atoms with Gasteiger partial charge in [0.25, 0.3) is 5.91 Å². The molecule has 0 unspecified atom stereocenters. The lowest BCUT2D eigenvalue weighted by Gasteiger charge is -2.34. The van der Waals surface area contributed by atoms with Crippen molar-refractivity contribution in [2.24, 2.45) is 11.7 Å². The third-order valence-electron chi connectivity index (χ3n) is 5.28. The van der Waals surface area contributed by atoms with Crippen LogP contribution in [0, 0.1) is 5.92 Å². The van der Waals surface area contributed by atoms with E-state index in [0.29, 0.717) is 50.3 Å². The van der Waals surface area contributed by atoms with E-state index in [1.807, 2.05) is 4.90 Å². The van der Waals surface area contributed by atoms with E-state index in [1.54, 1.807) is 0 Å². The average molecular weight is 433 g/mol. The highest BCUT2D eigenvalue weighted by atomic mass is 19.1. The molecule has 10 heteroatoms. The molecule has 0 aromatic carbocycles. The first kappa shape index (κ1) is 22.5. The van der Waals surface area contributed by atoms with Gasteiger partial charge in [-0.05, 0) is 31.4 Å². The van der Waals surface area contributed by atoms with Crippen LogP contribution in [0.1, 0.15) is 36.7 Å². The number of carbonyl (C=O) groups excluding carboxylic acids is 2. The molecule has 3 rings (SSSR count). The maximum Gasteiger partial charge on any atom is 0.267 e. The fourth-order valence-corrected chi connectivity index (χ4v) is 3.72. The van der Waals surface area contributed by atoms with Crippen LogP contribution in [0.15, 0.2) is 48.4 Å². The maximum atomic E-state index is 13.8. The monoisotopic (exact) mass is 433 g/mol. The third-order valence-corrected chi connectivity index (χ3v) is 5.28. The first-order valence-corrected chi connectivity index (χ1v) is 9.99. The highest BCUT2D eigenvalue weighted by molar-refractivity contribution is 5.91. The van der Waals surface area contributed by atoms with Crippen LogP contribution >= 0.6 is 0 Å². The molecule has 8 nitrogen and oxygen atoms in total. The first-order valence-electron chi connectivity index (χ1n) is 9.99. The third kappa shape index (κ3) is 5.52. The number of hydrogen-bond acceptors (Lipinski definition) is 6. The number of nitrogens with zero attached hydrogens (tertiary/aromatic N) is 4. The minimum atomic E-state index is -0.766. The minimum Gasteiger partial charge on any atom is -0.364 e. The van der Waals surface area contributed by atoms with Crippen molar-refractivity contribution < 1.29 is 23.2 Å². The predicted molar refractivity (Wildman–Crippen MR) is 110 cm³/mol. The Morgan fingerprint density at radius 3 is 2.58 bits per heavy atom. The quantitative estimate of drug-likeness (QED) is 0.692. The SMILES string of the molecule is C=C(/C=C(F)\C=C(/C)F)[C@@H]1CCON1C(=O)C1CCN(c2cc(C(N)=O)ncn2)CC1. The van der Waals surface area contributed by atoms with Gasteiger partial charge in [-0.3, -0.25) is 14.4 Å². The topological polar surface area (TPSA) is 102 Å². The van der Waals surface area contributed by atoms with Gasteiger partial charge < -0.3 is 10.6 Å². The van der Waals surface area contributed by atoms with Crippen molar-refractivity contribution in [1.82, 2.24) is 15.0 Å². The van der Waals surface area contributed by atoms with Gasteiger partial charge in [-0.15, -0.1) is 0 Å². The van der Waals surface area contributed by atoms with E-state index in [2.05, 4.69) is 16.5 Å². The molecule has 0 saturated carbocycles. The van der Waals surface area contributed by atoms with E-state index in [1.165, 1.54) is 17.5 Å². The molecule has 166 valence electrons. The smallest absolute Gasteiger partial charge is 0.267 e. The second kappa shape index (κ2) is 9.78. The van der Waals surface area contributed by atoms with Crippen LogP contribution in [0.2, 0.25) is 0 Å². The number of hydroxylamine groups is 2. The highest BCUT2D eigenvalue weighted by Crippen LogP contribution is 2.29. The summed E-state index contributed by atoms with van der Waals surface area (Å²) in [6, 6.07) is 1.03. The Kier molecular flexibility index (Phi) is 7.11. The molecule has 0 aliphatic carbocycles. The summed E-state index contributed by atoms with van der Waals surface area (Å²) < 4.78 is 26.7. The van der Waals surface area contributed by atoms with Gasteiger partial charge >= 0.3 is 0 Å². The highest BCUT2D eigenvalue weighted by Gasteiger charge is 2.37. The molecule has 2 aliphatic heterocycles. The van der Waals surface area contributed by atoms with Crippen molar-refractivity contribution in [1.29, 1.82) is 0 Å². The van der Waals surface area contributed by atoms with Gasteiger partial charge in [0.05, 0.1) is 18.5 Å². The van der Waals surface area contributed by atoms with Crippen LogP contribution in [0.25, 0.3) is 0 Å².